The Hall–Kier alpha value is -2.55. The largest absolute Gasteiger partial charge is 0.477 e. The summed E-state index contributed by atoms with van der Waals surface area (Å²) in [7, 11) is 1.27. The summed E-state index contributed by atoms with van der Waals surface area (Å²) in [4.78, 5) is 47.4. The summed E-state index contributed by atoms with van der Waals surface area (Å²) in [6.07, 6.45) is 1.47. The number of nitrogens with two attached hydrogens (primary N) is 1. The fourth-order valence-electron chi connectivity index (χ4n) is 2.76. The summed E-state index contributed by atoms with van der Waals surface area (Å²) < 4.78 is 0. The average Bonchev–Trinajstić information content (AvgIpc) is 3.15. The predicted molar refractivity (Wildman–Crippen MR) is 114 cm³/mol. The summed E-state index contributed by atoms with van der Waals surface area (Å²) in [5.74, 6) is -2.13. The van der Waals surface area contributed by atoms with Gasteiger partial charge < -0.3 is 26.1 Å². The summed E-state index contributed by atoms with van der Waals surface area (Å²) in [5.41, 5.74) is 5.53. The number of thioether (sulfide) groups is 2. The molecule has 0 radical (unpaired) electrons. The molecule has 2 aliphatic heterocycles. The molecule has 0 aromatic carbocycles. The highest BCUT2D eigenvalue weighted by molar-refractivity contribution is 8.08. The molecule has 11 nitrogen and oxygen atoms in total. The number of oxime groups is 1. The van der Waals surface area contributed by atoms with Crippen LogP contribution >= 0.6 is 34.9 Å². The number of nitrogens with zero attached hydrogens (tertiary/aromatic N) is 3. The van der Waals surface area contributed by atoms with E-state index in [4.69, 9.17) is 15.7 Å². The van der Waals surface area contributed by atoms with E-state index in [0.717, 1.165) is 28.0 Å². The van der Waals surface area contributed by atoms with Crippen molar-refractivity contribution in [3.63, 3.8) is 0 Å². The molecule has 160 valence electrons. The Bertz CT molecular complexity index is 959. The maximum atomic E-state index is 12.7. The number of carboxylic acid groups (broad SMARTS) is 1. The number of anilines is 1. The third-order valence-electron chi connectivity index (χ3n) is 4.00. The van der Waals surface area contributed by atoms with Gasteiger partial charge in [-0.2, -0.15) is 0 Å². The van der Waals surface area contributed by atoms with E-state index in [1.54, 1.807) is 5.41 Å². The van der Waals surface area contributed by atoms with Crippen LogP contribution in [0.5, 0.6) is 0 Å². The van der Waals surface area contributed by atoms with Gasteiger partial charge in [0.1, 0.15) is 29.9 Å². The molecule has 0 aliphatic carbocycles. The average molecular weight is 472 g/mol. The number of amides is 2. The number of fused-ring (bicyclic) bond motifs is 1. The molecule has 14 heteroatoms. The van der Waals surface area contributed by atoms with E-state index in [0.29, 0.717) is 10.7 Å². The Morgan fingerprint density at radius 1 is 1.57 bits per heavy atom. The van der Waals surface area contributed by atoms with Crippen LogP contribution in [0.3, 0.4) is 0 Å². The lowest BCUT2D eigenvalue weighted by molar-refractivity contribution is -0.150. The molecule has 1 fully saturated rings. The number of hydrogen-bond acceptors (Lipinski definition) is 11. The molecule has 1 aromatic heterocycles. The van der Waals surface area contributed by atoms with Gasteiger partial charge in [0, 0.05) is 16.0 Å². The van der Waals surface area contributed by atoms with E-state index in [2.05, 4.69) is 15.5 Å². The summed E-state index contributed by atoms with van der Waals surface area (Å²) in [6.45, 7) is -0.175. The topological polar surface area (TPSA) is 167 Å². The Balaban J connectivity index is 1.77. The van der Waals surface area contributed by atoms with E-state index in [9.17, 15) is 19.5 Å². The monoisotopic (exact) mass is 471 g/mol. The number of hydrogen-bond donors (Lipinski definition) is 4. The van der Waals surface area contributed by atoms with Gasteiger partial charge in [0.15, 0.2) is 10.8 Å². The number of aliphatic hydroxyl groups excluding tert-OH is 1. The molecule has 0 saturated carbocycles. The highest BCUT2D eigenvalue weighted by Crippen LogP contribution is 2.43. The van der Waals surface area contributed by atoms with Crippen molar-refractivity contribution in [2.24, 2.45) is 5.16 Å². The van der Waals surface area contributed by atoms with Crippen molar-refractivity contribution < 1.29 is 29.4 Å². The first-order valence-electron chi connectivity index (χ1n) is 8.36. The minimum absolute atomic E-state index is 0.125. The standard InChI is InChI=1S/C16H17N5O6S3/c1-27-20-9(7-5-30-16(17)18-7)12(23)19-10-13(24)21-11(15(25)26)8(6-29-14(10)21)28-4-2-3-22/h2,4-5,10,14,22H,3,6H2,1H3,(H2,17,18)(H,19,23)(H,25,26)/b4-2-,20-9-/t10?,14-/m1/s1. The van der Waals surface area contributed by atoms with Crippen molar-refractivity contribution >= 4 is 63.5 Å². The Morgan fingerprint density at radius 2 is 2.33 bits per heavy atom. The van der Waals surface area contributed by atoms with Crippen molar-refractivity contribution in [1.29, 1.82) is 0 Å². The number of aliphatic carboxylic acids is 1. The molecule has 1 saturated heterocycles. The Labute approximate surface area is 183 Å². The van der Waals surface area contributed by atoms with Crippen LogP contribution in [-0.2, 0) is 19.2 Å². The van der Waals surface area contributed by atoms with E-state index in [-0.39, 0.29) is 28.8 Å². The number of rotatable bonds is 8. The smallest absolute Gasteiger partial charge is 0.353 e. The number of carbonyl (C=O) groups excluding carboxylic acids is 2. The third kappa shape index (κ3) is 4.30. The number of nitrogens with one attached hydrogen (secondary N) is 1. The highest BCUT2D eigenvalue weighted by atomic mass is 32.2. The molecule has 3 rings (SSSR count). The van der Waals surface area contributed by atoms with Crippen molar-refractivity contribution in [2.75, 3.05) is 25.2 Å². The van der Waals surface area contributed by atoms with E-state index in [1.807, 2.05) is 0 Å². The van der Waals surface area contributed by atoms with Crippen LogP contribution in [0.25, 0.3) is 0 Å². The molecule has 0 spiro atoms. The molecule has 1 aromatic rings. The lowest BCUT2D eigenvalue weighted by Crippen LogP contribution is -2.71. The number of aliphatic hydroxyl groups is 1. The first kappa shape index (κ1) is 22.1. The third-order valence-corrected chi connectivity index (χ3v) is 7.08. The van der Waals surface area contributed by atoms with Gasteiger partial charge in [0.2, 0.25) is 0 Å². The number of β-lactam (4-membered cyclic amide) rings is 1. The summed E-state index contributed by atoms with van der Waals surface area (Å²) in [6, 6.07) is -0.922. The van der Waals surface area contributed by atoms with Gasteiger partial charge in [-0.25, -0.2) is 9.78 Å². The first-order valence-corrected chi connectivity index (χ1v) is 11.2. The fourth-order valence-corrected chi connectivity index (χ4v) is 5.62. The number of carbonyl (C=O) groups is 3. The van der Waals surface area contributed by atoms with Crippen LogP contribution in [0.4, 0.5) is 5.13 Å². The van der Waals surface area contributed by atoms with Crippen molar-refractivity contribution in [3.8, 4) is 0 Å². The highest BCUT2D eigenvalue weighted by Gasteiger charge is 2.54. The number of carboxylic acids is 1. The predicted octanol–water partition coefficient (Wildman–Crippen LogP) is 0.0111. The van der Waals surface area contributed by atoms with E-state index in [1.165, 1.54) is 30.3 Å². The van der Waals surface area contributed by atoms with Crippen LogP contribution in [-0.4, -0.2) is 74.5 Å². The lowest BCUT2D eigenvalue weighted by atomic mass is 10.0. The van der Waals surface area contributed by atoms with Gasteiger partial charge in [-0.1, -0.05) is 23.0 Å². The minimum Gasteiger partial charge on any atom is -0.477 e. The van der Waals surface area contributed by atoms with Crippen LogP contribution in [0.15, 0.2) is 32.6 Å². The number of aromatic nitrogens is 1. The van der Waals surface area contributed by atoms with Crippen molar-refractivity contribution in [1.82, 2.24) is 15.2 Å². The molecular formula is C16H17N5O6S3. The maximum absolute atomic E-state index is 12.7. The van der Waals surface area contributed by atoms with Crippen molar-refractivity contribution in [2.45, 2.75) is 11.4 Å². The Morgan fingerprint density at radius 3 is 2.93 bits per heavy atom. The zero-order chi connectivity index (χ0) is 21.8. The second-order valence-electron chi connectivity index (χ2n) is 5.80. The van der Waals surface area contributed by atoms with Crippen LogP contribution in [0.2, 0.25) is 0 Å². The van der Waals surface area contributed by atoms with E-state index < -0.39 is 29.2 Å². The Kier molecular flexibility index (Phi) is 7.02. The van der Waals surface area contributed by atoms with Crippen LogP contribution in [0, 0.1) is 0 Å². The molecule has 0 bridgehead atoms. The second-order valence-corrected chi connectivity index (χ2v) is 8.80. The quantitative estimate of drug-likeness (QED) is 0.230. The summed E-state index contributed by atoms with van der Waals surface area (Å²) in [5, 5.41) is 27.4. The second kappa shape index (κ2) is 9.51. The lowest BCUT2D eigenvalue weighted by Gasteiger charge is -2.49. The zero-order valence-electron chi connectivity index (χ0n) is 15.5. The van der Waals surface area contributed by atoms with Crippen LogP contribution in [0.1, 0.15) is 5.69 Å². The van der Waals surface area contributed by atoms with Gasteiger partial charge in [-0.15, -0.1) is 23.1 Å². The zero-order valence-corrected chi connectivity index (χ0v) is 17.9. The number of nitrogen functional groups attached to an aromatic ring is 1. The molecule has 2 amide bonds. The normalized spacial score (nSPS) is 21.5. The number of thiazole rings is 1. The van der Waals surface area contributed by atoms with Crippen molar-refractivity contribution in [3.05, 3.63) is 33.2 Å². The van der Waals surface area contributed by atoms with Gasteiger partial charge in [-0.3, -0.25) is 14.5 Å². The van der Waals surface area contributed by atoms with Crippen LogP contribution < -0.4 is 11.1 Å². The SMILES string of the molecule is CO/N=C(\C(=O)NC1C(=O)N2C(C(=O)O)=C(S/C=C\CO)CS[C@H]12)c1csc(N)n1. The van der Waals surface area contributed by atoms with E-state index >= 15 is 0 Å². The van der Waals surface area contributed by atoms with Gasteiger partial charge in [0.25, 0.3) is 11.8 Å². The van der Waals surface area contributed by atoms with Gasteiger partial charge in [0.05, 0.1) is 6.61 Å². The molecular weight excluding hydrogens is 454 g/mol. The molecule has 2 atom stereocenters. The first-order chi connectivity index (χ1) is 14.4. The molecule has 30 heavy (non-hydrogen) atoms. The van der Waals surface area contributed by atoms with Gasteiger partial charge >= 0.3 is 5.97 Å². The summed E-state index contributed by atoms with van der Waals surface area (Å²) >= 11 is 3.58. The minimum atomic E-state index is -1.24. The molecule has 2 aliphatic rings. The maximum Gasteiger partial charge on any atom is 0.353 e. The van der Waals surface area contributed by atoms with Gasteiger partial charge in [-0.05, 0) is 5.41 Å². The molecule has 5 N–H and O–H groups in total. The fraction of sp³-hybridized carbons (Fsp3) is 0.312. The molecule has 3 heterocycles. The molecule has 1 unspecified atom stereocenters.